The summed E-state index contributed by atoms with van der Waals surface area (Å²) in [5.74, 6) is -0.299. The Labute approximate surface area is 161 Å². The van der Waals surface area contributed by atoms with Crippen LogP contribution in [0.3, 0.4) is 0 Å². The highest BCUT2D eigenvalue weighted by atomic mass is 16.4. The average molecular weight is 373 g/mol. The molecule has 4 heterocycles. The summed E-state index contributed by atoms with van der Waals surface area (Å²) in [6, 6.07) is 10.1. The summed E-state index contributed by atoms with van der Waals surface area (Å²) in [6.07, 6.45) is 6.84. The third-order valence-corrected chi connectivity index (χ3v) is 5.45. The Hall–Kier alpha value is -3.48. The van der Waals surface area contributed by atoms with E-state index in [9.17, 15) is 9.90 Å². The lowest BCUT2D eigenvalue weighted by Crippen LogP contribution is -2.39. The predicted octanol–water partition coefficient (Wildman–Crippen LogP) is 3.47. The summed E-state index contributed by atoms with van der Waals surface area (Å²) in [4.78, 5) is 30.0. The number of benzene rings is 1. The number of carboxylic acids is 1. The Morgan fingerprint density at radius 3 is 3.00 bits per heavy atom. The molecule has 0 saturated carbocycles. The van der Waals surface area contributed by atoms with Crippen LogP contribution in [-0.4, -0.2) is 44.1 Å². The van der Waals surface area contributed by atoms with Gasteiger partial charge in [-0.15, -0.1) is 0 Å². The molecule has 4 aromatic rings. The molecule has 0 spiro atoms. The fraction of sp³-hybridized carbons (Fsp3) is 0.238. The first-order valence-electron chi connectivity index (χ1n) is 9.36. The molecule has 0 unspecified atom stereocenters. The third kappa shape index (κ3) is 2.76. The van der Waals surface area contributed by atoms with Crippen molar-refractivity contribution in [1.29, 1.82) is 0 Å². The molecule has 1 saturated heterocycles. The van der Waals surface area contributed by atoms with Crippen LogP contribution in [0.1, 0.15) is 12.8 Å². The summed E-state index contributed by atoms with van der Waals surface area (Å²) in [7, 11) is 0. The van der Waals surface area contributed by atoms with Crippen molar-refractivity contribution in [1.82, 2.24) is 19.9 Å². The molecule has 2 N–H and O–H groups in total. The van der Waals surface area contributed by atoms with Crippen LogP contribution >= 0.6 is 0 Å². The Kier molecular flexibility index (Phi) is 3.93. The van der Waals surface area contributed by atoms with Gasteiger partial charge >= 0.3 is 5.97 Å². The second-order valence-corrected chi connectivity index (χ2v) is 7.15. The van der Waals surface area contributed by atoms with E-state index in [-0.39, 0.29) is 5.92 Å². The van der Waals surface area contributed by atoms with Gasteiger partial charge in [0.25, 0.3) is 0 Å². The fourth-order valence-electron chi connectivity index (χ4n) is 4.03. The number of pyridine rings is 1. The minimum Gasteiger partial charge on any atom is -0.481 e. The van der Waals surface area contributed by atoms with Crippen LogP contribution in [0.15, 0.2) is 49.1 Å². The molecule has 1 aliphatic heterocycles. The van der Waals surface area contributed by atoms with Gasteiger partial charge < -0.3 is 15.0 Å². The highest BCUT2D eigenvalue weighted by Gasteiger charge is 2.27. The van der Waals surface area contributed by atoms with E-state index >= 15 is 0 Å². The lowest BCUT2D eigenvalue weighted by atomic mass is 9.97. The molecule has 7 heteroatoms. The SMILES string of the molecule is O=C(O)[C@H]1CCCN(c2ncnc3ccc(-c4c[nH]c5ncccc45)cc23)C1. The Balaban J connectivity index is 1.61. The zero-order chi connectivity index (χ0) is 19.1. The van der Waals surface area contributed by atoms with Crippen molar-refractivity contribution in [2.75, 3.05) is 18.0 Å². The molecule has 0 bridgehead atoms. The number of fused-ring (bicyclic) bond motifs is 2. The second-order valence-electron chi connectivity index (χ2n) is 7.15. The number of piperidine rings is 1. The molecule has 0 radical (unpaired) electrons. The van der Waals surface area contributed by atoms with E-state index in [2.05, 4.69) is 30.9 Å². The van der Waals surface area contributed by atoms with E-state index in [4.69, 9.17) is 0 Å². The summed E-state index contributed by atoms with van der Waals surface area (Å²) in [6.45, 7) is 1.28. The maximum atomic E-state index is 11.5. The lowest BCUT2D eigenvalue weighted by molar-refractivity contribution is -0.141. The molecule has 140 valence electrons. The average Bonchev–Trinajstić information content (AvgIpc) is 3.17. The molecule has 28 heavy (non-hydrogen) atoms. The number of aliphatic carboxylic acids is 1. The molecule has 1 fully saturated rings. The Morgan fingerprint density at radius 2 is 2.11 bits per heavy atom. The van der Waals surface area contributed by atoms with Crippen molar-refractivity contribution in [3.63, 3.8) is 0 Å². The smallest absolute Gasteiger partial charge is 0.308 e. The minimum absolute atomic E-state index is 0.360. The Morgan fingerprint density at radius 1 is 1.18 bits per heavy atom. The largest absolute Gasteiger partial charge is 0.481 e. The molecule has 1 aromatic carbocycles. The number of aromatic amines is 1. The van der Waals surface area contributed by atoms with E-state index in [1.54, 1.807) is 12.5 Å². The topological polar surface area (TPSA) is 95.0 Å². The van der Waals surface area contributed by atoms with Crippen molar-refractivity contribution >= 4 is 33.7 Å². The number of carbonyl (C=O) groups is 1. The van der Waals surface area contributed by atoms with Crippen molar-refractivity contribution in [3.05, 3.63) is 49.1 Å². The van der Waals surface area contributed by atoms with Crippen LogP contribution in [0, 0.1) is 5.92 Å². The summed E-state index contributed by atoms with van der Waals surface area (Å²) in [5, 5.41) is 11.4. The van der Waals surface area contributed by atoms with Crippen LogP contribution in [0.5, 0.6) is 0 Å². The monoisotopic (exact) mass is 373 g/mol. The molecule has 0 aliphatic carbocycles. The first-order valence-corrected chi connectivity index (χ1v) is 9.36. The minimum atomic E-state index is -0.741. The molecular weight excluding hydrogens is 354 g/mol. The molecule has 1 atom stereocenters. The number of aromatic nitrogens is 4. The van der Waals surface area contributed by atoms with Gasteiger partial charge in [0, 0.05) is 41.8 Å². The number of H-pyrrole nitrogens is 1. The van der Waals surface area contributed by atoms with Gasteiger partial charge in [-0.2, -0.15) is 0 Å². The van der Waals surface area contributed by atoms with Crippen LogP contribution < -0.4 is 4.90 Å². The van der Waals surface area contributed by atoms with Crippen LogP contribution in [0.25, 0.3) is 33.1 Å². The maximum Gasteiger partial charge on any atom is 0.308 e. The van der Waals surface area contributed by atoms with Crippen molar-refractivity contribution in [2.24, 2.45) is 5.92 Å². The quantitative estimate of drug-likeness (QED) is 0.571. The molecule has 7 nitrogen and oxygen atoms in total. The summed E-state index contributed by atoms with van der Waals surface area (Å²) < 4.78 is 0. The molecule has 0 amide bonds. The lowest BCUT2D eigenvalue weighted by Gasteiger charge is -2.32. The van der Waals surface area contributed by atoms with Crippen molar-refractivity contribution < 1.29 is 9.90 Å². The van der Waals surface area contributed by atoms with E-state index in [0.717, 1.165) is 51.8 Å². The van der Waals surface area contributed by atoms with E-state index in [1.165, 1.54) is 0 Å². The molecule has 5 rings (SSSR count). The van der Waals surface area contributed by atoms with Gasteiger partial charge in [0.15, 0.2) is 0 Å². The maximum absolute atomic E-state index is 11.5. The standard InChI is InChI=1S/C21H19N5O2/c27-21(28)14-3-2-8-26(11-14)20-16-9-13(5-6-18(16)24-12-25-20)17-10-23-19-15(17)4-1-7-22-19/h1,4-7,9-10,12,14H,2-3,8,11H2,(H,22,23)(H,27,28)/t14-/m0/s1. The van der Waals surface area contributed by atoms with Gasteiger partial charge in [-0.1, -0.05) is 6.07 Å². The normalized spacial score (nSPS) is 17.3. The number of hydrogen-bond donors (Lipinski definition) is 2. The highest BCUT2D eigenvalue weighted by molar-refractivity contribution is 5.98. The predicted molar refractivity (Wildman–Crippen MR) is 107 cm³/mol. The van der Waals surface area contributed by atoms with E-state index in [1.807, 2.05) is 30.5 Å². The molecule has 3 aromatic heterocycles. The number of hydrogen-bond acceptors (Lipinski definition) is 5. The number of carboxylic acid groups (broad SMARTS) is 1. The van der Waals surface area contributed by atoms with Gasteiger partial charge in [-0.05, 0) is 42.7 Å². The van der Waals surface area contributed by atoms with E-state index < -0.39 is 5.97 Å². The number of nitrogens with one attached hydrogen (secondary N) is 1. The van der Waals surface area contributed by atoms with Crippen molar-refractivity contribution in [3.8, 4) is 11.1 Å². The number of nitrogens with zero attached hydrogens (tertiary/aromatic N) is 4. The number of anilines is 1. The van der Waals surface area contributed by atoms with Gasteiger partial charge in [-0.3, -0.25) is 4.79 Å². The van der Waals surface area contributed by atoms with Gasteiger partial charge in [-0.25, -0.2) is 15.0 Å². The van der Waals surface area contributed by atoms with Crippen molar-refractivity contribution in [2.45, 2.75) is 12.8 Å². The fourth-order valence-corrected chi connectivity index (χ4v) is 4.03. The van der Waals surface area contributed by atoms with Crippen LogP contribution in [0.2, 0.25) is 0 Å². The zero-order valence-corrected chi connectivity index (χ0v) is 15.2. The third-order valence-electron chi connectivity index (χ3n) is 5.45. The Bertz CT molecular complexity index is 1190. The second kappa shape index (κ2) is 6.60. The zero-order valence-electron chi connectivity index (χ0n) is 15.2. The first-order chi connectivity index (χ1) is 13.7. The van der Waals surface area contributed by atoms with Gasteiger partial charge in [0.1, 0.15) is 17.8 Å². The first kappa shape index (κ1) is 16.7. The van der Waals surface area contributed by atoms with Crippen LogP contribution in [0.4, 0.5) is 5.82 Å². The molecule has 1 aliphatic rings. The highest BCUT2D eigenvalue weighted by Crippen LogP contribution is 2.33. The summed E-state index contributed by atoms with van der Waals surface area (Å²) >= 11 is 0. The number of rotatable bonds is 3. The van der Waals surface area contributed by atoms with E-state index in [0.29, 0.717) is 13.0 Å². The van der Waals surface area contributed by atoms with Gasteiger partial charge in [0.05, 0.1) is 11.4 Å². The van der Waals surface area contributed by atoms with Crippen LogP contribution in [-0.2, 0) is 4.79 Å². The summed E-state index contributed by atoms with van der Waals surface area (Å²) in [5.41, 5.74) is 3.82. The molecular formula is C21H19N5O2. The van der Waals surface area contributed by atoms with Gasteiger partial charge in [0.2, 0.25) is 0 Å².